The van der Waals surface area contributed by atoms with Gasteiger partial charge in [0, 0.05) is 25.7 Å². The van der Waals surface area contributed by atoms with E-state index >= 15 is 0 Å². The molecule has 12 nitrogen and oxygen atoms in total. The minimum atomic E-state index is -0.947. The van der Waals surface area contributed by atoms with E-state index in [1.165, 1.54) is 4.68 Å². The quantitative estimate of drug-likeness (QED) is 0.305. The van der Waals surface area contributed by atoms with Gasteiger partial charge in [-0.2, -0.15) is 0 Å². The highest BCUT2D eigenvalue weighted by Crippen LogP contribution is 2.35. The molecule has 0 unspecified atom stereocenters. The maximum Gasteiger partial charge on any atom is 0.410 e. The van der Waals surface area contributed by atoms with Crippen LogP contribution in [0.5, 0.6) is 5.75 Å². The second-order valence-electron chi connectivity index (χ2n) is 9.79. The number of piperidine rings is 1. The van der Waals surface area contributed by atoms with Crippen molar-refractivity contribution in [2.75, 3.05) is 31.6 Å². The van der Waals surface area contributed by atoms with E-state index in [0.29, 0.717) is 31.7 Å². The summed E-state index contributed by atoms with van der Waals surface area (Å²) in [6.45, 7) is 10.4. The molecule has 0 bridgehead atoms. The maximum atomic E-state index is 12.5. The van der Waals surface area contributed by atoms with Gasteiger partial charge in [0.2, 0.25) is 11.5 Å². The first-order chi connectivity index (χ1) is 17.4. The molecule has 2 amide bonds. The average Bonchev–Trinajstić information content (AvgIpc) is 3.21. The largest absolute Gasteiger partial charge is 0.497 e. The number of nitrogens with two attached hydrogens (primary N) is 1. The molecule has 2 heterocycles. The number of methoxy groups -OCH3 is 1. The number of benzene rings is 1. The number of carbonyl (C=O) groups excluding carboxylic acids is 2. The normalized spacial score (nSPS) is 14.2. The SMILES string of the molecule is C=CCN(c1nn(Cc2ccc(OC)cc2)c(C(N)=O)c1[N+](=O)[O-])C1CCN(C(=O)OC(C)(C)C)CC1. The highest BCUT2D eigenvalue weighted by atomic mass is 16.6. The van der Waals surface area contributed by atoms with Crippen molar-refractivity contribution in [1.29, 1.82) is 0 Å². The van der Waals surface area contributed by atoms with E-state index in [1.807, 2.05) is 0 Å². The van der Waals surface area contributed by atoms with Crippen molar-refractivity contribution >= 4 is 23.5 Å². The first kappa shape index (κ1) is 27.5. The first-order valence-electron chi connectivity index (χ1n) is 12.0. The number of nitrogens with zero attached hydrogens (tertiary/aromatic N) is 5. The monoisotopic (exact) mass is 514 g/mol. The molecule has 1 aliphatic rings. The first-order valence-corrected chi connectivity index (χ1v) is 12.0. The number of anilines is 1. The number of hydrogen-bond donors (Lipinski definition) is 1. The lowest BCUT2D eigenvalue weighted by molar-refractivity contribution is -0.384. The third kappa shape index (κ3) is 6.57. The smallest absolute Gasteiger partial charge is 0.410 e. The fourth-order valence-electron chi connectivity index (χ4n) is 4.30. The number of ether oxygens (including phenoxy) is 2. The van der Waals surface area contributed by atoms with Crippen molar-refractivity contribution in [3.05, 3.63) is 58.3 Å². The van der Waals surface area contributed by atoms with Gasteiger partial charge in [-0.1, -0.05) is 18.2 Å². The standard InChI is InChI=1S/C25H34N6O6/c1-6-13-29(18-11-14-28(15-12-18)24(33)37-25(2,3)4)23-21(31(34)35)20(22(26)32)30(27-23)16-17-7-9-19(36-5)10-8-17/h6-10,18H,1,11-16H2,2-5H3,(H2,26,32). The van der Waals surface area contributed by atoms with Gasteiger partial charge in [-0.3, -0.25) is 14.9 Å². The van der Waals surface area contributed by atoms with Crippen molar-refractivity contribution < 1.29 is 24.0 Å². The topological polar surface area (TPSA) is 146 Å². The molecule has 1 saturated heterocycles. The number of primary amides is 1. The summed E-state index contributed by atoms with van der Waals surface area (Å²) in [5.74, 6) is -0.249. The molecule has 1 aromatic carbocycles. The lowest BCUT2D eigenvalue weighted by Gasteiger charge is -2.38. The van der Waals surface area contributed by atoms with Crippen LogP contribution in [0.1, 0.15) is 49.7 Å². The van der Waals surface area contributed by atoms with Crippen LogP contribution in [0.4, 0.5) is 16.3 Å². The van der Waals surface area contributed by atoms with E-state index in [4.69, 9.17) is 15.2 Å². The molecule has 0 saturated carbocycles. The Kier molecular flexibility index (Phi) is 8.41. The minimum absolute atomic E-state index is 0.0444. The lowest BCUT2D eigenvalue weighted by Crippen LogP contribution is -2.48. The zero-order valence-corrected chi connectivity index (χ0v) is 21.7. The van der Waals surface area contributed by atoms with E-state index in [0.717, 1.165) is 5.56 Å². The van der Waals surface area contributed by atoms with E-state index in [-0.39, 0.29) is 30.6 Å². The molecule has 0 spiro atoms. The molecule has 37 heavy (non-hydrogen) atoms. The summed E-state index contributed by atoms with van der Waals surface area (Å²) in [6.07, 6.45) is 2.28. The number of aromatic nitrogens is 2. The third-order valence-electron chi connectivity index (χ3n) is 5.97. The number of carbonyl (C=O) groups is 2. The summed E-state index contributed by atoms with van der Waals surface area (Å²) >= 11 is 0. The van der Waals surface area contributed by atoms with Crippen LogP contribution in [0.15, 0.2) is 36.9 Å². The molecule has 3 rings (SSSR count). The highest BCUT2D eigenvalue weighted by molar-refractivity contribution is 5.97. The summed E-state index contributed by atoms with van der Waals surface area (Å²) < 4.78 is 11.9. The van der Waals surface area contributed by atoms with Crippen molar-refractivity contribution in [1.82, 2.24) is 14.7 Å². The fourth-order valence-corrected chi connectivity index (χ4v) is 4.30. The predicted molar refractivity (Wildman–Crippen MR) is 138 cm³/mol. The summed E-state index contributed by atoms with van der Waals surface area (Å²) in [5.41, 5.74) is 5.02. The molecule has 1 aromatic heterocycles. The molecule has 0 atom stereocenters. The van der Waals surface area contributed by atoms with Crippen LogP contribution in [0.25, 0.3) is 0 Å². The molecule has 12 heteroatoms. The van der Waals surface area contributed by atoms with Crippen molar-refractivity contribution in [3.8, 4) is 5.75 Å². The van der Waals surface area contributed by atoms with Crippen LogP contribution in [0.2, 0.25) is 0 Å². The molecule has 0 radical (unpaired) electrons. The Morgan fingerprint density at radius 3 is 2.38 bits per heavy atom. The van der Waals surface area contributed by atoms with E-state index in [2.05, 4.69) is 11.7 Å². The van der Waals surface area contributed by atoms with Gasteiger partial charge in [-0.15, -0.1) is 11.7 Å². The van der Waals surface area contributed by atoms with Crippen LogP contribution in [0.3, 0.4) is 0 Å². The number of hydrogen-bond acceptors (Lipinski definition) is 8. The van der Waals surface area contributed by atoms with Gasteiger partial charge >= 0.3 is 11.8 Å². The predicted octanol–water partition coefficient (Wildman–Crippen LogP) is 3.34. The van der Waals surface area contributed by atoms with E-state index < -0.39 is 28.2 Å². The average molecular weight is 515 g/mol. The van der Waals surface area contributed by atoms with Gasteiger partial charge in [0.25, 0.3) is 5.91 Å². The van der Waals surface area contributed by atoms with Crippen LogP contribution in [-0.4, -0.2) is 70.0 Å². The van der Waals surface area contributed by atoms with Gasteiger partial charge in [-0.25, -0.2) is 9.48 Å². The molecule has 2 aromatic rings. The molecule has 2 N–H and O–H groups in total. The summed E-state index contributed by atoms with van der Waals surface area (Å²) in [5, 5.41) is 16.7. The second kappa shape index (κ2) is 11.3. The Morgan fingerprint density at radius 2 is 1.89 bits per heavy atom. The molecule has 1 fully saturated rings. The van der Waals surface area contributed by atoms with Crippen molar-refractivity contribution in [3.63, 3.8) is 0 Å². The Morgan fingerprint density at radius 1 is 1.27 bits per heavy atom. The van der Waals surface area contributed by atoms with E-state index in [1.54, 1.807) is 68.0 Å². The zero-order valence-electron chi connectivity index (χ0n) is 21.7. The third-order valence-corrected chi connectivity index (χ3v) is 5.97. The second-order valence-corrected chi connectivity index (χ2v) is 9.79. The van der Waals surface area contributed by atoms with Gasteiger partial charge in [-0.05, 0) is 51.3 Å². The lowest BCUT2D eigenvalue weighted by atomic mass is 10.0. The molecule has 200 valence electrons. The Labute approximate surface area is 215 Å². The molecule has 0 aliphatic carbocycles. The zero-order chi connectivity index (χ0) is 27.3. The number of amides is 2. The van der Waals surface area contributed by atoms with Crippen LogP contribution < -0.4 is 15.4 Å². The van der Waals surface area contributed by atoms with Gasteiger partial charge in [0.1, 0.15) is 11.4 Å². The Bertz CT molecular complexity index is 1150. The van der Waals surface area contributed by atoms with Crippen LogP contribution >= 0.6 is 0 Å². The fraction of sp³-hybridized carbons (Fsp3) is 0.480. The van der Waals surface area contributed by atoms with Crippen LogP contribution in [0, 0.1) is 10.1 Å². The van der Waals surface area contributed by atoms with Crippen LogP contribution in [-0.2, 0) is 11.3 Å². The Hall–Kier alpha value is -4.09. The van der Waals surface area contributed by atoms with Crippen molar-refractivity contribution in [2.45, 2.75) is 51.8 Å². The number of likely N-dealkylation sites (tertiary alicyclic amines) is 1. The number of nitro groups is 1. The van der Waals surface area contributed by atoms with Gasteiger partial charge in [0.05, 0.1) is 18.6 Å². The minimum Gasteiger partial charge on any atom is -0.497 e. The number of rotatable bonds is 9. The van der Waals surface area contributed by atoms with Gasteiger partial charge < -0.3 is 25.0 Å². The van der Waals surface area contributed by atoms with Crippen molar-refractivity contribution in [2.24, 2.45) is 5.73 Å². The van der Waals surface area contributed by atoms with E-state index in [9.17, 15) is 19.7 Å². The molecule has 1 aliphatic heterocycles. The summed E-state index contributed by atoms with van der Waals surface area (Å²) in [6, 6.07) is 6.89. The van der Waals surface area contributed by atoms with Gasteiger partial charge in [0.15, 0.2) is 0 Å². The summed E-state index contributed by atoms with van der Waals surface area (Å²) in [7, 11) is 1.55. The molecular weight excluding hydrogens is 480 g/mol. The Balaban J connectivity index is 1.92. The maximum absolute atomic E-state index is 12.5. The summed E-state index contributed by atoms with van der Waals surface area (Å²) in [4.78, 5) is 39.8. The molecular formula is C25H34N6O6. The highest BCUT2D eigenvalue weighted by Gasteiger charge is 2.38.